The number of rotatable bonds is 19. The molecule has 0 aromatic heterocycles. The van der Waals surface area contributed by atoms with Crippen LogP contribution in [0.4, 0.5) is 11.4 Å². The van der Waals surface area contributed by atoms with Crippen LogP contribution in [-0.4, -0.2) is 10.0 Å². The SMILES string of the molecule is C=C/C=C(\C(O)=C\c1ccccc1)c1ccc(/C=C/C(/C=C/C)=C(\C=C)N(/C=C/C)C(=C)/C=C2\C(=C)c3ccc(N(C(/C=C\Cc4ccccc4)=C/C)c4ccc(-c5ccccc5)cc4)cc3C2(C)C)cc1. The summed E-state index contributed by atoms with van der Waals surface area (Å²) in [6.45, 7) is 28.3. The van der Waals surface area contributed by atoms with Gasteiger partial charge in [-0.25, -0.2) is 0 Å². The Morgan fingerprint density at radius 2 is 1.32 bits per heavy atom. The maximum absolute atomic E-state index is 11.1. The Labute approximate surface area is 429 Å². The van der Waals surface area contributed by atoms with Gasteiger partial charge in [0, 0.05) is 40.0 Å². The Morgan fingerprint density at radius 3 is 1.94 bits per heavy atom. The number of hydrogen-bond donors (Lipinski definition) is 1. The van der Waals surface area contributed by atoms with Crippen LogP contribution in [0.1, 0.15) is 68.0 Å². The number of aliphatic hydroxyl groups is 1. The average Bonchev–Trinajstić information content (AvgIpc) is 3.59. The van der Waals surface area contributed by atoms with Crippen molar-refractivity contribution in [3.63, 3.8) is 0 Å². The summed E-state index contributed by atoms with van der Waals surface area (Å²) < 4.78 is 0. The second kappa shape index (κ2) is 24.3. The van der Waals surface area contributed by atoms with E-state index in [0.717, 1.165) is 73.9 Å². The average molecular weight is 939 g/mol. The van der Waals surface area contributed by atoms with E-state index >= 15 is 0 Å². The van der Waals surface area contributed by atoms with Gasteiger partial charge in [0.1, 0.15) is 5.76 Å². The first-order valence-electron chi connectivity index (χ1n) is 24.6. The third-order valence-corrected chi connectivity index (χ3v) is 12.9. The van der Waals surface area contributed by atoms with E-state index in [1.165, 1.54) is 22.3 Å². The maximum atomic E-state index is 11.1. The van der Waals surface area contributed by atoms with Crippen LogP contribution in [0.15, 0.2) is 291 Å². The van der Waals surface area contributed by atoms with E-state index in [-0.39, 0.29) is 5.76 Å². The molecule has 0 atom stereocenters. The molecular weight excluding hydrogens is 873 g/mol. The van der Waals surface area contributed by atoms with Gasteiger partial charge in [-0.3, -0.25) is 0 Å². The fourth-order valence-corrected chi connectivity index (χ4v) is 9.17. The predicted octanol–water partition coefficient (Wildman–Crippen LogP) is 18.7. The van der Waals surface area contributed by atoms with Gasteiger partial charge in [-0.15, -0.1) is 0 Å². The van der Waals surface area contributed by atoms with Crippen molar-refractivity contribution >= 4 is 34.7 Å². The van der Waals surface area contributed by atoms with Crippen molar-refractivity contribution in [2.24, 2.45) is 0 Å². The molecule has 3 nitrogen and oxygen atoms in total. The number of allylic oxidation sites excluding steroid dienone is 15. The number of fused-ring (bicyclic) bond motifs is 1. The van der Waals surface area contributed by atoms with E-state index in [0.29, 0.717) is 5.57 Å². The number of nitrogens with zero attached hydrogens (tertiary/aromatic N) is 2. The first kappa shape index (κ1) is 51.2. The molecule has 1 aliphatic carbocycles. The monoisotopic (exact) mass is 939 g/mol. The van der Waals surface area contributed by atoms with E-state index in [2.05, 4.69) is 196 Å². The molecular formula is C69H66N2O. The summed E-state index contributed by atoms with van der Waals surface area (Å²) in [5.41, 5.74) is 16.9. The first-order chi connectivity index (χ1) is 35.0. The van der Waals surface area contributed by atoms with Crippen LogP contribution in [0.5, 0.6) is 0 Å². The minimum absolute atomic E-state index is 0.171. The van der Waals surface area contributed by atoms with Crippen LogP contribution in [0.3, 0.4) is 0 Å². The lowest BCUT2D eigenvalue weighted by atomic mass is 9.81. The van der Waals surface area contributed by atoms with Gasteiger partial charge >= 0.3 is 0 Å². The van der Waals surface area contributed by atoms with Gasteiger partial charge in [0.15, 0.2) is 0 Å². The number of benzene rings is 6. The molecule has 0 saturated heterocycles. The number of anilines is 2. The van der Waals surface area contributed by atoms with Crippen molar-refractivity contribution < 1.29 is 5.11 Å². The molecule has 0 saturated carbocycles. The van der Waals surface area contributed by atoms with Crippen molar-refractivity contribution in [3.05, 3.63) is 324 Å². The summed E-state index contributed by atoms with van der Waals surface area (Å²) >= 11 is 0. The highest BCUT2D eigenvalue weighted by Gasteiger charge is 2.38. The molecule has 3 heteroatoms. The zero-order valence-electron chi connectivity index (χ0n) is 42.5. The molecule has 6 aromatic carbocycles. The van der Waals surface area contributed by atoms with Crippen LogP contribution in [0.25, 0.3) is 34.4 Å². The molecule has 6 aromatic rings. The van der Waals surface area contributed by atoms with Gasteiger partial charge in [-0.05, 0) is 137 Å². The molecule has 1 aliphatic rings. The second-order valence-corrected chi connectivity index (χ2v) is 18.0. The summed E-state index contributed by atoms with van der Waals surface area (Å²) in [7, 11) is 0. The Kier molecular flexibility index (Phi) is 17.2. The molecule has 358 valence electrons. The lowest BCUT2D eigenvalue weighted by Crippen LogP contribution is -2.20. The molecule has 7 rings (SSSR count). The minimum atomic E-state index is -0.403. The summed E-state index contributed by atoms with van der Waals surface area (Å²) in [5, 5.41) is 11.1. The van der Waals surface area contributed by atoms with Gasteiger partial charge in [0.05, 0.1) is 5.70 Å². The van der Waals surface area contributed by atoms with Gasteiger partial charge in [0.2, 0.25) is 0 Å². The molecule has 0 bridgehead atoms. The fourth-order valence-electron chi connectivity index (χ4n) is 9.17. The number of hydrogen-bond acceptors (Lipinski definition) is 3. The highest BCUT2D eigenvalue weighted by molar-refractivity contribution is 5.91. The third-order valence-electron chi connectivity index (χ3n) is 12.9. The summed E-state index contributed by atoms with van der Waals surface area (Å²) in [4.78, 5) is 4.44. The Balaban J connectivity index is 1.19. The molecule has 1 N–H and O–H groups in total. The molecule has 72 heavy (non-hydrogen) atoms. The quantitative estimate of drug-likeness (QED) is 0.0647. The first-order valence-corrected chi connectivity index (χ1v) is 24.6. The highest BCUT2D eigenvalue weighted by atomic mass is 16.3. The van der Waals surface area contributed by atoms with Crippen LogP contribution in [-0.2, 0) is 11.8 Å². The summed E-state index contributed by atoms with van der Waals surface area (Å²) in [6.07, 6.45) is 29.2. The van der Waals surface area contributed by atoms with Crippen LogP contribution in [0, 0.1) is 0 Å². The van der Waals surface area contributed by atoms with E-state index in [4.69, 9.17) is 6.58 Å². The fraction of sp³-hybridized carbons (Fsp3) is 0.101. The van der Waals surface area contributed by atoms with E-state index in [1.54, 1.807) is 12.2 Å². The lowest BCUT2D eigenvalue weighted by Gasteiger charge is -2.29. The van der Waals surface area contributed by atoms with Crippen molar-refractivity contribution in [3.8, 4) is 11.1 Å². The van der Waals surface area contributed by atoms with Crippen LogP contribution < -0.4 is 4.90 Å². The molecule has 0 fully saturated rings. The van der Waals surface area contributed by atoms with Crippen LogP contribution >= 0.6 is 0 Å². The van der Waals surface area contributed by atoms with Gasteiger partial charge < -0.3 is 14.9 Å². The van der Waals surface area contributed by atoms with Gasteiger partial charge in [-0.2, -0.15) is 0 Å². The van der Waals surface area contributed by atoms with Crippen molar-refractivity contribution in [1.29, 1.82) is 0 Å². The maximum Gasteiger partial charge on any atom is 0.123 e. The summed E-state index contributed by atoms with van der Waals surface area (Å²) in [6, 6.07) is 54.6. The predicted molar refractivity (Wildman–Crippen MR) is 312 cm³/mol. The molecule has 0 spiro atoms. The Hall–Kier alpha value is -8.66. The molecule has 0 heterocycles. The zero-order valence-corrected chi connectivity index (χ0v) is 42.5. The van der Waals surface area contributed by atoms with E-state index in [9.17, 15) is 5.11 Å². The third kappa shape index (κ3) is 12.0. The topological polar surface area (TPSA) is 26.7 Å². The zero-order chi connectivity index (χ0) is 51.0. The standard InChI is InChI=1S/C69H66N2O/c1-10-25-59(40-37-54-35-38-58(39-36-54)64(26-11-2)68(72)49-55-29-20-16-21-30-55)67(14-5)70(47-12-3)51(6)48-65-52(7)63-46-45-62(50-66(63)69(65,8)9)71(60(13-4)34-24-31-53-27-18-15-19-28-53)61-43-41-57(42-44-61)56-32-22-17-23-33-56/h10-30,32-50,72H,2,5-7,31H2,1,3-4,8-9H3/b25-10+,34-24-,40-37+,47-12+,60-13+,64-26-,65-48+,67-59+,68-49-. The lowest BCUT2D eigenvalue weighted by molar-refractivity contribution is 0.443. The summed E-state index contributed by atoms with van der Waals surface area (Å²) in [5.74, 6) is 0.171. The molecule has 0 amide bonds. The smallest absolute Gasteiger partial charge is 0.123 e. The minimum Gasteiger partial charge on any atom is -0.507 e. The Morgan fingerprint density at radius 1 is 0.681 bits per heavy atom. The van der Waals surface area contributed by atoms with Crippen molar-refractivity contribution in [2.75, 3.05) is 4.90 Å². The largest absolute Gasteiger partial charge is 0.507 e. The van der Waals surface area contributed by atoms with Gasteiger partial charge in [-0.1, -0.05) is 228 Å². The van der Waals surface area contributed by atoms with E-state index < -0.39 is 5.41 Å². The molecule has 0 radical (unpaired) electrons. The normalized spacial score (nSPS) is 14.9. The van der Waals surface area contributed by atoms with E-state index in [1.807, 2.05) is 98.9 Å². The highest BCUT2D eigenvalue weighted by Crippen LogP contribution is 2.51. The Bertz CT molecular complexity index is 3180. The molecule has 0 aliphatic heterocycles. The second-order valence-electron chi connectivity index (χ2n) is 18.0. The number of aliphatic hydroxyl groups excluding tert-OH is 1. The van der Waals surface area contributed by atoms with Gasteiger partial charge in [0.25, 0.3) is 0 Å². The van der Waals surface area contributed by atoms with Crippen molar-refractivity contribution in [2.45, 2.75) is 46.5 Å². The molecule has 0 unspecified atom stereocenters. The van der Waals surface area contributed by atoms with Crippen LogP contribution in [0.2, 0.25) is 0 Å². The van der Waals surface area contributed by atoms with Crippen molar-refractivity contribution in [1.82, 2.24) is 4.90 Å².